The molecule has 0 spiro atoms. The molecule has 0 saturated carbocycles. The molecule has 1 aromatic rings. The van der Waals surface area contributed by atoms with E-state index in [-0.39, 0.29) is 0 Å². The third-order valence-corrected chi connectivity index (χ3v) is 0.992. The highest BCUT2D eigenvalue weighted by molar-refractivity contribution is 5.72. The first-order valence-corrected chi connectivity index (χ1v) is 2.88. The third kappa shape index (κ3) is 1.55. The number of hydrogen-bond donors (Lipinski definition) is 0. The van der Waals surface area contributed by atoms with Crippen molar-refractivity contribution in [1.82, 2.24) is 5.16 Å². The van der Waals surface area contributed by atoms with Gasteiger partial charge in [0.15, 0.2) is 0 Å². The average molecular weight is 137 g/mol. The maximum atomic E-state index is 9.84. The number of aromatic nitrogens is 1. The van der Waals surface area contributed by atoms with E-state index in [1.165, 1.54) is 6.08 Å². The summed E-state index contributed by atoms with van der Waals surface area (Å²) >= 11 is 0. The van der Waals surface area contributed by atoms with E-state index < -0.39 is 0 Å². The topological polar surface area (TPSA) is 43.1 Å². The Kier molecular flexibility index (Phi) is 1.99. The molecule has 0 amide bonds. The van der Waals surface area contributed by atoms with Crippen molar-refractivity contribution >= 4 is 12.4 Å². The van der Waals surface area contributed by atoms with Gasteiger partial charge in [-0.1, -0.05) is 5.16 Å². The summed E-state index contributed by atoms with van der Waals surface area (Å²) in [6.07, 6.45) is 3.66. The van der Waals surface area contributed by atoms with Gasteiger partial charge in [0, 0.05) is 6.07 Å². The number of hydrogen-bond acceptors (Lipinski definition) is 3. The number of aryl methyl sites for hydroxylation is 1. The summed E-state index contributed by atoms with van der Waals surface area (Å²) in [7, 11) is 0. The van der Waals surface area contributed by atoms with Crippen LogP contribution in [0.2, 0.25) is 0 Å². The molecule has 0 fully saturated rings. The first-order chi connectivity index (χ1) is 4.83. The molecule has 3 nitrogen and oxygen atoms in total. The number of nitrogens with zero attached hydrogens (tertiary/aromatic N) is 1. The second-order valence-electron chi connectivity index (χ2n) is 1.86. The van der Waals surface area contributed by atoms with Gasteiger partial charge in [-0.05, 0) is 19.1 Å². The predicted molar refractivity (Wildman–Crippen MR) is 36.3 cm³/mol. The Morgan fingerprint density at radius 2 is 2.50 bits per heavy atom. The summed E-state index contributed by atoms with van der Waals surface area (Å²) in [5.74, 6) is 0.741. The Morgan fingerprint density at radius 3 is 3.00 bits per heavy atom. The quantitative estimate of drug-likeness (QED) is 0.454. The van der Waals surface area contributed by atoms with Crippen LogP contribution in [0.15, 0.2) is 16.7 Å². The summed E-state index contributed by atoms with van der Waals surface area (Å²) in [5, 5.41) is 3.63. The van der Waals surface area contributed by atoms with E-state index >= 15 is 0 Å². The van der Waals surface area contributed by atoms with Crippen molar-refractivity contribution in [2.24, 2.45) is 0 Å². The summed E-state index contributed by atoms with van der Waals surface area (Å²) in [5.41, 5.74) is 0.671. The van der Waals surface area contributed by atoms with Crippen LogP contribution in [-0.4, -0.2) is 11.4 Å². The van der Waals surface area contributed by atoms with Crippen LogP contribution >= 0.6 is 0 Å². The van der Waals surface area contributed by atoms with Gasteiger partial charge in [0.2, 0.25) is 0 Å². The molecule has 0 N–H and O–H groups in total. The Balaban J connectivity index is 2.75. The highest BCUT2D eigenvalue weighted by atomic mass is 16.5. The van der Waals surface area contributed by atoms with Crippen LogP contribution in [0.1, 0.15) is 11.5 Å². The molecule has 1 aromatic heterocycles. The van der Waals surface area contributed by atoms with Gasteiger partial charge < -0.3 is 4.52 Å². The van der Waals surface area contributed by atoms with Gasteiger partial charge >= 0.3 is 0 Å². The Hall–Kier alpha value is -1.38. The fourth-order valence-corrected chi connectivity index (χ4v) is 0.602. The smallest absolute Gasteiger partial charge is 0.142 e. The van der Waals surface area contributed by atoms with Crippen LogP contribution in [0.3, 0.4) is 0 Å². The zero-order chi connectivity index (χ0) is 7.40. The van der Waals surface area contributed by atoms with Crippen molar-refractivity contribution < 1.29 is 9.32 Å². The van der Waals surface area contributed by atoms with Gasteiger partial charge in [-0.3, -0.25) is 4.79 Å². The number of aldehydes is 1. The molecule has 10 heavy (non-hydrogen) atoms. The summed E-state index contributed by atoms with van der Waals surface area (Å²) in [6, 6.07) is 1.75. The van der Waals surface area contributed by atoms with Gasteiger partial charge in [0.25, 0.3) is 0 Å². The van der Waals surface area contributed by atoms with Crippen LogP contribution in [0, 0.1) is 6.92 Å². The van der Waals surface area contributed by atoms with E-state index in [0.717, 1.165) is 5.76 Å². The maximum Gasteiger partial charge on any atom is 0.142 e. The lowest BCUT2D eigenvalue weighted by Crippen LogP contribution is -1.66. The first kappa shape index (κ1) is 6.74. The zero-order valence-corrected chi connectivity index (χ0v) is 5.57. The Labute approximate surface area is 58.3 Å². The fourth-order valence-electron chi connectivity index (χ4n) is 0.602. The average Bonchev–Trinajstić information content (AvgIpc) is 2.31. The highest BCUT2D eigenvalue weighted by Gasteiger charge is 1.92. The van der Waals surface area contributed by atoms with Crippen molar-refractivity contribution in [2.75, 3.05) is 0 Å². The first-order valence-electron chi connectivity index (χ1n) is 2.88. The van der Waals surface area contributed by atoms with Gasteiger partial charge in [-0.2, -0.15) is 0 Å². The minimum Gasteiger partial charge on any atom is -0.361 e. The van der Waals surface area contributed by atoms with Gasteiger partial charge in [0.1, 0.15) is 17.7 Å². The van der Waals surface area contributed by atoms with E-state index in [2.05, 4.69) is 5.16 Å². The fraction of sp³-hybridized carbons (Fsp3) is 0.143. The second kappa shape index (κ2) is 2.96. The Morgan fingerprint density at radius 1 is 1.70 bits per heavy atom. The lowest BCUT2D eigenvalue weighted by atomic mass is 10.3. The molecule has 0 unspecified atom stereocenters. The van der Waals surface area contributed by atoms with Crippen LogP contribution in [0.5, 0.6) is 0 Å². The summed E-state index contributed by atoms with van der Waals surface area (Å²) < 4.78 is 4.74. The number of allylic oxidation sites excluding steroid dienone is 1. The van der Waals surface area contributed by atoms with E-state index in [0.29, 0.717) is 12.0 Å². The maximum absolute atomic E-state index is 9.84. The molecule has 0 aromatic carbocycles. The number of carbonyl (C=O) groups excluding carboxylic acids is 1. The molecule has 0 bridgehead atoms. The van der Waals surface area contributed by atoms with Crippen molar-refractivity contribution in [3.8, 4) is 0 Å². The number of rotatable bonds is 2. The van der Waals surface area contributed by atoms with Crippen molar-refractivity contribution in [2.45, 2.75) is 6.92 Å². The second-order valence-corrected chi connectivity index (χ2v) is 1.86. The van der Waals surface area contributed by atoms with Crippen LogP contribution < -0.4 is 0 Å². The Bertz CT molecular complexity index is 250. The summed E-state index contributed by atoms with van der Waals surface area (Å²) in [4.78, 5) is 9.84. The van der Waals surface area contributed by atoms with Crippen LogP contribution in [0.4, 0.5) is 0 Å². The highest BCUT2D eigenvalue weighted by Crippen LogP contribution is 2.02. The number of carbonyl (C=O) groups is 1. The van der Waals surface area contributed by atoms with Crippen molar-refractivity contribution in [1.29, 1.82) is 0 Å². The molecule has 0 atom stereocenters. The summed E-state index contributed by atoms with van der Waals surface area (Å²) in [6.45, 7) is 1.80. The molecule has 0 saturated heterocycles. The standard InChI is InChI=1S/C7H7NO2/c1-6-5-7(8-10-6)3-2-4-9/h2-5H,1H3/b3-2+. The van der Waals surface area contributed by atoms with E-state index in [4.69, 9.17) is 4.52 Å². The molecule has 0 aliphatic rings. The lowest BCUT2D eigenvalue weighted by molar-refractivity contribution is -0.104. The van der Waals surface area contributed by atoms with Crippen LogP contribution in [-0.2, 0) is 4.79 Å². The molecular formula is C7H7NO2. The molecule has 1 heterocycles. The third-order valence-electron chi connectivity index (χ3n) is 0.992. The molecule has 1 rings (SSSR count). The van der Waals surface area contributed by atoms with Gasteiger partial charge in [-0.25, -0.2) is 0 Å². The monoisotopic (exact) mass is 137 g/mol. The van der Waals surface area contributed by atoms with Gasteiger partial charge in [0.05, 0.1) is 0 Å². The lowest BCUT2D eigenvalue weighted by Gasteiger charge is -1.71. The predicted octanol–water partition coefficient (Wildman–Crippen LogP) is 1.20. The molecule has 52 valence electrons. The van der Waals surface area contributed by atoms with E-state index in [1.807, 2.05) is 0 Å². The van der Waals surface area contributed by atoms with E-state index in [1.54, 1.807) is 19.1 Å². The van der Waals surface area contributed by atoms with Crippen molar-refractivity contribution in [3.63, 3.8) is 0 Å². The zero-order valence-electron chi connectivity index (χ0n) is 5.57. The van der Waals surface area contributed by atoms with Crippen molar-refractivity contribution in [3.05, 3.63) is 23.6 Å². The normalized spacial score (nSPS) is 10.5. The largest absolute Gasteiger partial charge is 0.361 e. The molecule has 3 heteroatoms. The minimum absolute atomic E-state index is 0.671. The molecule has 0 radical (unpaired) electrons. The molecular weight excluding hydrogens is 130 g/mol. The SMILES string of the molecule is Cc1cc(/C=C/C=O)no1. The van der Waals surface area contributed by atoms with Gasteiger partial charge in [-0.15, -0.1) is 0 Å². The van der Waals surface area contributed by atoms with Crippen LogP contribution in [0.25, 0.3) is 6.08 Å². The van der Waals surface area contributed by atoms with E-state index in [9.17, 15) is 4.79 Å². The molecule has 0 aliphatic heterocycles. The minimum atomic E-state index is 0.671. The molecule has 0 aliphatic carbocycles.